The van der Waals surface area contributed by atoms with E-state index in [1.807, 2.05) is 0 Å². The Morgan fingerprint density at radius 1 is 1.00 bits per heavy atom. The summed E-state index contributed by atoms with van der Waals surface area (Å²) < 4.78 is 60.1. The molecule has 265 valence electrons. The maximum absolute atomic E-state index is 16.7. The lowest BCUT2D eigenvalue weighted by molar-refractivity contribution is -0.228. The number of ether oxygens (including phenoxy) is 1. The topological polar surface area (TPSA) is 38.7 Å². The predicted octanol–water partition coefficient (Wildman–Crippen LogP) is 11.3. The van der Waals surface area contributed by atoms with E-state index in [2.05, 4.69) is 62.0 Å². The van der Waals surface area contributed by atoms with Gasteiger partial charge in [-0.2, -0.15) is 0 Å². The molecule has 47 heavy (non-hydrogen) atoms. The van der Waals surface area contributed by atoms with Crippen LogP contribution in [0.5, 0.6) is 5.75 Å². The maximum Gasteiger partial charge on any atom is 0.252 e. The van der Waals surface area contributed by atoms with E-state index in [4.69, 9.17) is 9.16 Å². The monoisotopic (exact) mass is 675 g/mol. The van der Waals surface area contributed by atoms with Gasteiger partial charge < -0.3 is 14.3 Å². The fraction of sp³-hybridized carbons (Fsp3) is 0.800. The van der Waals surface area contributed by atoms with Crippen molar-refractivity contribution in [3.63, 3.8) is 0 Å². The van der Waals surface area contributed by atoms with Crippen LogP contribution in [0.15, 0.2) is 30.4 Å². The highest BCUT2D eigenvalue weighted by molar-refractivity contribution is 6.56. The molecular formula is C40H62F3O3Si. The normalized spacial score (nSPS) is 36.5. The van der Waals surface area contributed by atoms with Crippen molar-refractivity contribution in [1.82, 2.24) is 0 Å². The Labute approximate surface area is 285 Å². The third-order valence-corrected chi connectivity index (χ3v) is 16.7. The molecule has 1 aromatic rings. The molecule has 0 spiro atoms. The van der Waals surface area contributed by atoms with Crippen molar-refractivity contribution < 1.29 is 27.4 Å². The second-order valence-corrected chi connectivity index (χ2v) is 21.4. The van der Waals surface area contributed by atoms with E-state index >= 15 is 8.78 Å². The van der Waals surface area contributed by atoms with Crippen LogP contribution in [0.4, 0.5) is 13.2 Å². The van der Waals surface area contributed by atoms with Crippen LogP contribution in [-0.4, -0.2) is 33.3 Å². The van der Waals surface area contributed by atoms with Gasteiger partial charge in [-0.25, -0.2) is 13.2 Å². The van der Waals surface area contributed by atoms with Crippen LogP contribution in [0.25, 0.3) is 0 Å². The van der Waals surface area contributed by atoms with E-state index in [-0.39, 0.29) is 51.7 Å². The van der Waals surface area contributed by atoms with Gasteiger partial charge in [-0.1, -0.05) is 80.9 Å². The molecule has 4 saturated carbocycles. The molecule has 5 rings (SSSR count). The average molecular weight is 676 g/mol. The summed E-state index contributed by atoms with van der Waals surface area (Å²) in [6.07, 6.45) is 6.50. The summed E-state index contributed by atoms with van der Waals surface area (Å²) in [4.78, 5) is 0. The van der Waals surface area contributed by atoms with Crippen LogP contribution >= 0.6 is 0 Å². The van der Waals surface area contributed by atoms with E-state index in [9.17, 15) is 9.50 Å². The smallest absolute Gasteiger partial charge is 0.252 e. The lowest BCUT2D eigenvalue weighted by Crippen LogP contribution is -2.61. The van der Waals surface area contributed by atoms with Crippen LogP contribution in [0.1, 0.15) is 131 Å². The summed E-state index contributed by atoms with van der Waals surface area (Å²) >= 11 is 0. The van der Waals surface area contributed by atoms with Crippen molar-refractivity contribution in [3.05, 3.63) is 41.7 Å². The Hall–Kier alpha value is -1.31. The van der Waals surface area contributed by atoms with Crippen molar-refractivity contribution in [1.29, 1.82) is 0 Å². The van der Waals surface area contributed by atoms with Gasteiger partial charge in [0.2, 0.25) is 9.04 Å². The van der Waals surface area contributed by atoms with Gasteiger partial charge in [0.05, 0.1) is 24.9 Å². The van der Waals surface area contributed by atoms with Gasteiger partial charge in [-0.3, -0.25) is 0 Å². The Bertz CT molecular complexity index is 1280. The predicted molar refractivity (Wildman–Crippen MR) is 186 cm³/mol. The number of fused-ring (bicyclic) bond motifs is 5. The van der Waals surface area contributed by atoms with Gasteiger partial charge in [-0.05, 0) is 114 Å². The van der Waals surface area contributed by atoms with Crippen LogP contribution in [-0.2, 0) is 4.43 Å². The van der Waals surface area contributed by atoms with Gasteiger partial charge in [0.25, 0.3) is 5.92 Å². The van der Waals surface area contributed by atoms with Gasteiger partial charge in [0, 0.05) is 12.3 Å². The highest BCUT2D eigenvalue weighted by Gasteiger charge is 2.68. The zero-order valence-corrected chi connectivity index (χ0v) is 31.6. The summed E-state index contributed by atoms with van der Waals surface area (Å²) in [5.74, 6) is -2.83. The molecule has 1 unspecified atom stereocenters. The Kier molecular flexibility index (Phi) is 10.6. The molecule has 0 aromatic heterocycles. The summed E-state index contributed by atoms with van der Waals surface area (Å²) in [5.41, 5.74) is 1.32. The SMILES string of the molecule is C=C1[C@@H](O[Si](C(C)C)C(C)(C)C)CC[C@@]2(C)[C@H]1CC(F)(F)[C@@H]1[C@@H]2CC[C@]2(C)[C@@H]([C@H](C)CCCC(O)c3c(F)cccc3OC)CC[C@@H]12. The summed E-state index contributed by atoms with van der Waals surface area (Å²) in [6, 6.07) is 4.62. The fourth-order valence-corrected chi connectivity index (χ4v) is 14.5. The fourth-order valence-electron chi connectivity index (χ4n) is 11.6. The molecule has 1 N–H and O–H groups in total. The lowest BCUT2D eigenvalue weighted by Gasteiger charge is -2.63. The summed E-state index contributed by atoms with van der Waals surface area (Å²) in [5, 5.41) is 10.9. The van der Waals surface area contributed by atoms with Crippen LogP contribution in [0.2, 0.25) is 10.6 Å². The molecule has 10 atom stereocenters. The zero-order valence-electron chi connectivity index (χ0n) is 30.6. The molecular weight excluding hydrogens is 614 g/mol. The molecule has 0 heterocycles. The number of benzene rings is 1. The minimum Gasteiger partial charge on any atom is -0.496 e. The van der Waals surface area contributed by atoms with Gasteiger partial charge in [-0.15, -0.1) is 0 Å². The molecule has 0 aliphatic heterocycles. The number of rotatable bonds is 10. The van der Waals surface area contributed by atoms with E-state index in [0.717, 1.165) is 56.9 Å². The highest BCUT2D eigenvalue weighted by atomic mass is 28.3. The van der Waals surface area contributed by atoms with Crippen molar-refractivity contribution >= 4 is 9.04 Å². The number of aliphatic hydroxyl groups is 1. The van der Waals surface area contributed by atoms with Crippen molar-refractivity contribution in [2.75, 3.05) is 7.11 Å². The summed E-state index contributed by atoms with van der Waals surface area (Å²) in [6.45, 7) is 22.6. The molecule has 4 aliphatic rings. The van der Waals surface area contributed by atoms with Crippen molar-refractivity contribution in [2.45, 2.75) is 148 Å². The minimum atomic E-state index is -2.72. The molecule has 4 fully saturated rings. The van der Waals surface area contributed by atoms with Crippen LogP contribution < -0.4 is 4.74 Å². The summed E-state index contributed by atoms with van der Waals surface area (Å²) in [7, 11) is 0.323. The van der Waals surface area contributed by atoms with E-state index in [0.29, 0.717) is 29.5 Å². The first-order chi connectivity index (χ1) is 21.9. The average Bonchev–Trinajstić information content (AvgIpc) is 3.33. The Balaban J connectivity index is 1.27. The highest BCUT2D eigenvalue weighted by Crippen LogP contribution is 2.71. The third-order valence-electron chi connectivity index (χ3n) is 13.7. The second kappa shape index (κ2) is 13.4. The Morgan fingerprint density at radius 2 is 1.66 bits per heavy atom. The molecule has 4 aliphatic carbocycles. The number of hydrogen-bond acceptors (Lipinski definition) is 3. The molecule has 1 radical (unpaired) electrons. The quantitative estimate of drug-likeness (QED) is 0.198. The van der Waals surface area contributed by atoms with Crippen molar-refractivity contribution in [2.24, 2.45) is 46.3 Å². The molecule has 0 amide bonds. The van der Waals surface area contributed by atoms with E-state index in [1.165, 1.54) is 13.2 Å². The van der Waals surface area contributed by atoms with Crippen molar-refractivity contribution in [3.8, 4) is 5.75 Å². The van der Waals surface area contributed by atoms with Gasteiger partial charge >= 0.3 is 0 Å². The standard InChI is InChI=1S/C40H62F3O3Si/c1-24(2)47(37(5,6)7)46-33-20-22-39(9)29-19-21-38(8)27(17-18-28(38)36(29)40(42,43)23-30(39)26(33)4)25(3)13-11-15-32(44)35-31(41)14-12-16-34(35)45-10/h12,14,16,24-25,27-30,32-33,36,44H,4,11,13,15,17-23H2,1-3,5-10H3/t25-,27-,28+,29+,30+,32?,33+,36+,38-,39-/m1/s1. The van der Waals surface area contributed by atoms with Crippen LogP contribution in [0.3, 0.4) is 0 Å². The molecule has 1 aromatic carbocycles. The lowest BCUT2D eigenvalue weighted by atomic mass is 9.43. The maximum atomic E-state index is 16.7. The largest absolute Gasteiger partial charge is 0.496 e. The first-order valence-corrected chi connectivity index (χ1v) is 20.0. The first kappa shape index (κ1) is 37.0. The molecule has 3 nitrogen and oxygen atoms in total. The van der Waals surface area contributed by atoms with Gasteiger partial charge in [0.1, 0.15) is 11.6 Å². The molecule has 0 bridgehead atoms. The number of hydrogen-bond donors (Lipinski definition) is 1. The molecule has 7 heteroatoms. The van der Waals surface area contributed by atoms with E-state index < -0.39 is 32.8 Å². The number of methoxy groups -OCH3 is 1. The zero-order chi connectivity index (χ0) is 34.7. The van der Waals surface area contributed by atoms with Gasteiger partial charge in [0.15, 0.2) is 0 Å². The molecule has 0 saturated heterocycles. The second-order valence-electron chi connectivity index (χ2n) is 17.8. The first-order valence-electron chi connectivity index (χ1n) is 18.5. The number of halogens is 3. The Morgan fingerprint density at radius 3 is 2.30 bits per heavy atom. The number of aliphatic hydroxyl groups excluding tert-OH is 1. The third kappa shape index (κ3) is 6.65. The van der Waals surface area contributed by atoms with Crippen LogP contribution in [0, 0.1) is 52.2 Å². The number of alkyl halides is 2. The van der Waals surface area contributed by atoms with E-state index in [1.54, 1.807) is 12.1 Å². The minimum absolute atomic E-state index is 0.00414.